The van der Waals surface area contributed by atoms with Crippen LogP contribution in [0.25, 0.3) is 5.69 Å². The molecule has 1 aromatic carbocycles. The smallest absolute Gasteiger partial charge is 0.170 e. The number of hydrogen-bond donors (Lipinski definition) is 1. The third-order valence-electron chi connectivity index (χ3n) is 5.59. The van der Waals surface area contributed by atoms with Crippen molar-refractivity contribution in [2.75, 3.05) is 6.54 Å². The highest BCUT2D eigenvalue weighted by atomic mass is 32.1. The lowest BCUT2D eigenvalue weighted by molar-refractivity contribution is 0.329. The predicted octanol–water partition coefficient (Wildman–Crippen LogP) is 4.79. The summed E-state index contributed by atoms with van der Waals surface area (Å²) in [6.45, 7) is 9.52. The molecule has 0 spiro atoms. The number of hydrogen-bond acceptors (Lipinski definition) is 2. The van der Waals surface area contributed by atoms with Crippen molar-refractivity contribution < 1.29 is 0 Å². The van der Waals surface area contributed by atoms with Crippen molar-refractivity contribution >= 4 is 17.3 Å². The van der Waals surface area contributed by atoms with E-state index in [1.54, 1.807) is 0 Å². The molecule has 28 heavy (non-hydrogen) atoms. The van der Waals surface area contributed by atoms with Gasteiger partial charge >= 0.3 is 0 Å². The first-order chi connectivity index (χ1) is 13.5. The molecule has 144 valence electrons. The molecule has 1 fully saturated rings. The molecule has 1 aliphatic heterocycles. The quantitative estimate of drug-likeness (QED) is 0.650. The molecule has 1 N–H and O–H groups in total. The van der Waals surface area contributed by atoms with E-state index in [1.165, 1.54) is 28.2 Å². The Bertz CT molecular complexity index is 1010. The Kier molecular flexibility index (Phi) is 4.94. The van der Waals surface area contributed by atoms with Crippen LogP contribution < -0.4 is 5.32 Å². The molecule has 0 aliphatic carbocycles. The van der Waals surface area contributed by atoms with Crippen LogP contribution in [0.15, 0.2) is 54.7 Å². The first kappa shape index (κ1) is 18.7. The molecule has 5 heteroatoms. The molecule has 2 aromatic heterocycles. The van der Waals surface area contributed by atoms with Crippen LogP contribution in [-0.2, 0) is 0 Å². The zero-order valence-electron chi connectivity index (χ0n) is 16.8. The molecule has 4 rings (SSSR count). The van der Waals surface area contributed by atoms with Gasteiger partial charge in [0.15, 0.2) is 5.11 Å². The minimum absolute atomic E-state index is 0.0418. The van der Waals surface area contributed by atoms with E-state index in [1.807, 2.05) is 18.3 Å². The van der Waals surface area contributed by atoms with Gasteiger partial charge in [0.1, 0.15) is 0 Å². The Labute approximate surface area is 172 Å². The van der Waals surface area contributed by atoms with Crippen LogP contribution in [0.4, 0.5) is 0 Å². The van der Waals surface area contributed by atoms with E-state index in [-0.39, 0.29) is 12.1 Å². The largest absolute Gasteiger partial charge is 0.352 e. The molecule has 0 bridgehead atoms. The van der Waals surface area contributed by atoms with Gasteiger partial charge < -0.3 is 14.8 Å². The van der Waals surface area contributed by atoms with Crippen molar-refractivity contribution in [3.63, 3.8) is 0 Å². The number of benzene rings is 1. The zero-order valence-corrected chi connectivity index (χ0v) is 17.6. The summed E-state index contributed by atoms with van der Waals surface area (Å²) in [5.74, 6) is 0. The molecule has 0 amide bonds. The molecule has 3 heterocycles. The molecule has 0 unspecified atom stereocenters. The molecule has 0 saturated carbocycles. The first-order valence-corrected chi connectivity index (χ1v) is 10.2. The summed E-state index contributed by atoms with van der Waals surface area (Å²) in [6, 6.07) is 17.2. The minimum atomic E-state index is 0.0418. The molecule has 1 aliphatic rings. The van der Waals surface area contributed by atoms with Crippen molar-refractivity contribution in [3.8, 4) is 5.69 Å². The van der Waals surface area contributed by atoms with Gasteiger partial charge in [-0.25, -0.2) is 0 Å². The lowest BCUT2D eigenvalue weighted by Gasteiger charge is -2.27. The van der Waals surface area contributed by atoms with Crippen molar-refractivity contribution in [1.29, 1.82) is 0 Å². The van der Waals surface area contributed by atoms with Gasteiger partial charge in [0.05, 0.1) is 17.8 Å². The zero-order chi connectivity index (χ0) is 19.8. The number of rotatable bonds is 4. The molecule has 4 nitrogen and oxygen atoms in total. The Balaban J connectivity index is 1.84. The Morgan fingerprint density at radius 1 is 1.07 bits per heavy atom. The fourth-order valence-corrected chi connectivity index (χ4v) is 4.71. The minimum Gasteiger partial charge on any atom is -0.352 e. The molecular formula is C23H26N4S. The van der Waals surface area contributed by atoms with Gasteiger partial charge in [0.2, 0.25) is 0 Å². The van der Waals surface area contributed by atoms with E-state index in [2.05, 4.69) is 83.9 Å². The highest BCUT2D eigenvalue weighted by Gasteiger charge is 2.40. The van der Waals surface area contributed by atoms with Crippen molar-refractivity contribution in [2.24, 2.45) is 0 Å². The topological polar surface area (TPSA) is 33.1 Å². The number of pyridine rings is 1. The molecule has 2 atom stereocenters. The van der Waals surface area contributed by atoms with Gasteiger partial charge in [-0.1, -0.05) is 18.2 Å². The maximum atomic E-state index is 5.67. The van der Waals surface area contributed by atoms with E-state index in [0.29, 0.717) is 0 Å². The second kappa shape index (κ2) is 7.40. The van der Waals surface area contributed by atoms with Gasteiger partial charge in [0, 0.05) is 29.8 Å². The summed E-state index contributed by atoms with van der Waals surface area (Å²) >= 11 is 5.67. The highest BCUT2D eigenvalue weighted by molar-refractivity contribution is 7.80. The van der Waals surface area contributed by atoms with Crippen LogP contribution in [0, 0.1) is 20.8 Å². The van der Waals surface area contributed by atoms with E-state index in [4.69, 9.17) is 12.2 Å². The summed E-state index contributed by atoms with van der Waals surface area (Å²) < 4.78 is 2.34. The molecular weight excluding hydrogens is 364 g/mol. The first-order valence-electron chi connectivity index (χ1n) is 9.75. The van der Waals surface area contributed by atoms with E-state index < -0.39 is 0 Å². The summed E-state index contributed by atoms with van der Waals surface area (Å²) in [6.07, 6.45) is 1.85. The van der Waals surface area contributed by atoms with E-state index in [0.717, 1.165) is 17.4 Å². The van der Waals surface area contributed by atoms with Gasteiger partial charge in [-0.15, -0.1) is 0 Å². The SMILES string of the molecule is CCN1C(=S)N[C@H](c2ccccn2)[C@@H]1c1cc(C)n(-c2cccc(C)c2)c1C. The fourth-order valence-electron chi connectivity index (χ4n) is 4.34. The third kappa shape index (κ3) is 3.10. The van der Waals surface area contributed by atoms with Crippen LogP contribution in [0.2, 0.25) is 0 Å². The number of aromatic nitrogens is 2. The highest BCUT2D eigenvalue weighted by Crippen LogP contribution is 2.41. The van der Waals surface area contributed by atoms with Crippen LogP contribution in [-0.4, -0.2) is 26.1 Å². The Hall–Kier alpha value is -2.66. The molecule has 3 aromatic rings. The number of thiocarbonyl (C=S) groups is 1. The number of nitrogens with zero attached hydrogens (tertiary/aromatic N) is 3. The average molecular weight is 391 g/mol. The van der Waals surface area contributed by atoms with Crippen LogP contribution in [0.3, 0.4) is 0 Å². The summed E-state index contributed by atoms with van der Waals surface area (Å²) in [7, 11) is 0. The Morgan fingerprint density at radius 3 is 2.57 bits per heavy atom. The van der Waals surface area contributed by atoms with Crippen molar-refractivity contribution in [3.05, 3.63) is 82.9 Å². The number of aryl methyl sites for hydroxylation is 2. The van der Waals surface area contributed by atoms with Crippen molar-refractivity contribution in [1.82, 2.24) is 19.8 Å². The predicted molar refractivity (Wildman–Crippen MR) is 118 cm³/mol. The van der Waals surface area contributed by atoms with Crippen LogP contribution in [0.5, 0.6) is 0 Å². The fraction of sp³-hybridized carbons (Fsp3) is 0.304. The van der Waals surface area contributed by atoms with Gasteiger partial charge in [-0.05, 0) is 81.4 Å². The second-order valence-electron chi connectivity index (χ2n) is 7.41. The maximum Gasteiger partial charge on any atom is 0.170 e. The lowest BCUT2D eigenvalue weighted by Crippen LogP contribution is -2.29. The molecule has 0 radical (unpaired) electrons. The number of likely N-dealkylation sites (N-methyl/N-ethyl adjacent to an activating group) is 1. The Morgan fingerprint density at radius 2 is 1.89 bits per heavy atom. The summed E-state index contributed by atoms with van der Waals surface area (Å²) in [4.78, 5) is 6.89. The third-order valence-corrected chi connectivity index (χ3v) is 5.94. The normalized spacial score (nSPS) is 19.1. The maximum absolute atomic E-state index is 5.67. The van der Waals surface area contributed by atoms with Crippen LogP contribution in [0.1, 0.15) is 47.2 Å². The summed E-state index contributed by atoms with van der Waals surface area (Å²) in [5.41, 5.74) is 7.25. The average Bonchev–Trinajstić information content (AvgIpc) is 3.17. The van der Waals surface area contributed by atoms with Crippen LogP contribution >= 0.6 is 12.2 Å². The number of nitrogens with one attached hydrogen (secondary N) is 1. The second-order valence-corrected chi connectivity index (χ2v) is 7.80. The molecule has 1 saturated heterocycles. The lowest BCUT2D eigenvalue weighted by atomic mass is 9.97. The van der Waals surface area contributed by atoms with Gasteiger partial charge in [-0.2, -0.15) is 0 Å². The standard InChI is InChI=1S/C23H26N4S/c1-5-26-22(21(25-23(26)28)20-11-6-7-12-24-20)19-14-16(3)27(17(19)4)18-10-8-9-15(2)13-18/h6-14,21-22H,5H2,1-4H3,(H,25,28)/t21-,22+/m1/s1. The van der Waals surface area contributed by atoms with Gasteiger partial charge in [-0.3, -0.25) is 4.98 Å². The van der Waals surface area contributed by atoms with E-state index >= 15 is 0 Å². The van der Waals surface area contributed by atoms with Crippen molar-refractivity contribution in [2.45, 2.75) is 39.8 Å². The monoisotopic (exact) mass is 390 g/mol. The van der Waals surface area contributed by atoms with E-state index in [9.17, 15) is 0 Å². The van der Waals surface area contributed by atoms with Gasteiger partial charge in [0.25, 0.3) is 0 Å². The summed E-state index contributed by atoms with van der Waals surface area (Å²) in [5, 5.41) is 4.31.